The summed E-state index contributed by atoms with van der Waals surface area (Å²) in [5.74, 6) is 1.78. The fourth-order valence-corrected chi connectivity index (χ4v) is 8.95. The quantitative estimate of drug-likeness (QED) is 0.161. The zero-order valence-electron chi connectivity index (χ0n) is 33.5. The molecule has 290 valence electrons. The van der Waals surface area contributed by atoms with Crippen molar-refractivity contribution in [1.82, 2.24) is 19.5 Å². The Hall–Kier alpha value is -8.41. The molecular formula is C57H36N4O. The standard InChI is InChI=1S/C57H36N4O/c1-5-17-37(18-6-1)43-31-29-41(35-48(43)38-19-7-2-8-20-38)42-30-34-51(49(36-42)57-59-55(39-21-9-3-10-22-39)58-56(60-57)40-23-11-4-12-24-40)61-50-27-15-13-25-44(50)46-32-33-47-45-26-14-16-28-52(45)62-54(47)53(46)61/h1-36H. The van der Waals surface area contributed by atoms with E-state index in [1.54, 1.807) is 0 Å². The van der Waals surface area contributed by atoms with Crippen molar-refractivity contribution in [1.29, 1.82) is 0 Å². The lowest BCUT2D eigenvalue weighted by molar-refractivity contribution is 0.671. The summed E-state index contributed by atoms with van der Waals surface area (Å²) in [6, 6.07) is 76.3. The van der Waals surface area contributed by atoms with E-state index in [0.717, 1.165) is 88.4 Å². The van der Waals surface area contributed by atoms with Gasteiger partial charge in [0.2, 0.25) is 0 Å². The molecule has 0 radical (unpaired) electrons. The van der Waals surface area contributed by atoms with Crippen LogP contribution in [0.1, 0.15) is 0 Å². The Morgan fingerprint density at radius 1 is 0.323 bits per heavy atom. The fourth-order valence-electron chi connectivity index (χ4n) is 8.95. The first-order valence-electron chi connectivity index (χ1n) is 20.9. The summed E-state index contributed by atoms with van der Waals surface area (Å²) in [4.78, 5) is 15.7. The van der Waals surface area contributed by atoms with Gasteiger partial charge < -0.3 is 8.98 Å². The number of hydrogen-bond donors (Lipinski definition) is 0. The van der Waals surface area contributed by atoms with Crippen LogP contribution < -0.4 is 0 Å². The van der Waals surface area contributed by atoms with Crippen LogP contribution in [0.15, 0.2) is 223 Å². The third kappa shape index (κ3) is 5.98. The number of furan rings is 1. The second-order valence-electron chi connectivity index (χ2n) is 15.6. The molecule has 3 aromatic heterocycles. The topological polar surface area (TPSA) is 56.7 Å². The van der Waals surface area contributed by atoms with Crippen molar-refractivity contribution in [3.8, 4) is 73.2 Å². The predicted molar refractivity (Wildman–Crippen MR) is 254 cm³/mol. The summed E-state index contributed by atoms with van der Waals surface area (Å²) < 4.78 is 9.13. The lowest BCUT2D eigenvalue weighted by Crippen LogP contribution is -2.04. The maximum atomic E-state index is 6.79. The van der Waals surface area contributed by atoms with Gasteiger partial charge in [-0.3, -0.25) is 0 Å². The molecule has 0 aliphatic rings. The molecule has 0 aliphatic carbocycles. The molecule has 0 saturated carbocycles. The van der Waals surface area contributed by atoms with Crippen LogP contribution in [0.25, 0.3) is 117 Å². The summed E-state index contributed by atoms with van der Waals surface area (Å²) in [5.41, 5.74) is 14.2. The Morgan fingerprint density at radius 3 is 1.48 bits per heavy atom. The van der Waals surface area contributed by atoms with Gasteiger partial charge in [-0.05, 0) is 69.8 Å². The third-order valence-electron chi connectivity index (χ3n) is 11.9. The summed E-state index contributed by atoms with van der Waals surface area (Å²) in [6.45, 7) is 0. The highest BCUT2D eigenvalue weighted by Crippen LogP contribution is 2.43. The molecule has 5 nitrogen and oxygen atoms in total. The molecule has 0 bridgehead atoms. The summed E-state index contributed by atoms with van der Waals surface area (Å²) >= 11 is 0. The van der Waals surface area contributed by atoms with E-state index in [2.05, 4.69) is 174 Å². The van der Waals surface area contributed by atoms with Crippen molar-refractivity contribution in [3.05, 3.63) is 218 Å². The summed E-state index contributed by atoms with van der Waals surface area (Å²) in [5, 5.41) is 4.40. The van der Waals surface area contributed by atoms with Crippen molar-refractivity contribution in [2.24, 2.45) is 0 Å². The molecule has 12 aromatic rings. The van der Waals surface area contributed by atoms with Gasteiger partial charge in [0.25, 0.3) is 0 Å². The SMILES string of the molecule is c1ccc(-c2nc(-c3ccccc3)nc(-c3cc(-c4ccc(-c5ccccc5)c(-c5ccccc5)c4)ccc3-n3c4ccccc4c4ccc5c6ccccc6oc5c43)n2)cc1. The first kappa shape index (κ1) is 35.5. The monoisotopic (exact) mass is 792 g/mol. The molecule has 3 heterocycles. The van der Waals surface area contributed by atoms with E-state index in [1.165, 1.54) is 11.1 Å². The van der Waals surface area contributed by atoms with Crippen LogP contribution in [0.4, 0.5) is 0 Å². The van der Waals surface area contributed by atoms with Crippen LogP contribution in [0.3, 0.4) is 0 Å². The van der Waals surface area contributed by atoms with Gasteiger partial charge in [-0.25, -0.2) is 15.0 Å². The smallest absolute Gasteiger partial charge is 0.166 e. The number of fused-ring (bicyclic) bond motifs is 7. The molecular weight excluding hydrogens is 757 g/mol. The van der Waals surface area contributed by atoms with E-state index < -0.39 is 0 Å². The third-order valence-corrected chi connectivity index (χ3v) is 11.9. The number of hydrogen-bond acceptors (Lipinski definition) is 4. The van der Waals surface area contributed by atoms with Crippen molar-refractivity contribution in [2.75, 3.05) is 0 Å². The van der Waals surface area contributed by atoms with Crippen LogP contribution in [-0.4, -0.2) is 19.5 Å². The molecule has 12 rings (SSSR count). The van der Waals surface area contributed by atoms with E-state index in [0.29, 0.717) is 17.5 Å². The van der Waals surface area contributed by atoms with Gasteiger partial charge in [0.1, 0.15) is 5.58 Å². The van der Waals surface area contributed by atoms with Gasteiger partial charge in [-0.15, -0.1) is 0 Å². The molecule has 0 N–H and O–H groups in total. The Labute approximate surface area is 357 Å². The minimum absolute atomic E-state index is 0.571. The first-order chi connectivity index (χ1) is 30.7. The van der Waals surface area contributed by atoms with Crippen molar-refractivity contribution in [2.45, 2.75) is 0 Å². The van der Waals surface area contributed by atoms with E-state index in [1.807, 2.05) is 48.5 Å². The Balaban J connectivity index is 1.17. The van der Waals surface area contributed by atoms with Gasteiger partial charge in [-0.2, -0.15) is 0 Å². The second-order valence-corrected chi connectivity index (χ2v) is 15.6. The van der Waals surface area contributed by atoms with Gasteiger partial charge >= 0.3 is 0 Å². The normalized spacial score (nSPS) is 11.5. The molecule has 9 aromatic carbocycles. The van der Waals surface area contributed by atoms with Gasteiger partial charge in [-0.1, -0.05) is 182 Å². The zero-order valence-corrected chi connectivity index (χ0v) is 33.5. The van der Waals surface area contributed by atoms with Crippen molar-refractivity contribution in [3.63, 3.8) is 0 Å². The van der Waals surface area contributed by atoms with Crippen LogP contribution in [0, 0.1) is 0 Å². The van der Waals surface area contributed by atoms with E-state index in [-0.39, 0.29) is 0 Å². The molecule has 0 amide bonds. The average Bonchev–Trinajstić information content (AvgIpc) is 3.91. The molecule has 0 atom stereocenters. The second kappa shape index (κ2) is 14.7. The molecule has 5 heteroatoms. The molecule has 0 fully saturated rings. The number of benzene rings is 9. The molecule has 0 aliphatic heterocycles. The summed E-state index contributed by atoms with van der Waals surface area (Å²) in [6.07, 6.45) is 0. The highest BCUT2D eigenvalue weighted by atomic mass is 16.3. The lowest BCUT2D eigenvalue weighted by Gasteiger charge is -2.17. The Kier molecular flexibility index (Phi) is 8.42. The maximum Gasteiger partial charge on any atom is 0.166 e. The predicted octanol–water partition coefficient (Wildman–Crippen LogP) is 14.9. The fraction of sp³-hybridized carbons (Fsp3) is 0. The number of nitrogens with zero attached hydrogens (tertiary/aromatic N) is 4. The molecule has 0 unspecified atom stereocenters. The largest absolute Gasteiger partial charge is 0.454 e. The van der Waals surface area contributed by atoms with E-state index in [4.69, 9.17) is 19.4 Å². The molecule has 0 spiro atoms. The Bertz CT molecular complexity index is 3560. The van der Waals surface area contributed by atoms with Crippen LogP contribution in [-0.2, 0) is 0 Å². The van der Waals surface area contributed by atoms with Gasteiger partial charge in [0, 0.05) is 38.2 Å². The van der Waals surface area contributed by atoms with E-state index >= 15 is 0 Å². The van der Waals surface area contributed by atoms with Crippen LogP contribution in [0.5, 0.6) is 0 Å². The first-order valence-corrected chi connectivity index (χ1v) is 20.9. The highest BCUT2D eigenvalue weighted by molar-refractivity contribution is 6.21. The van der Waals surface area contributed by atoms with Crippen LogP contribution >= 0.6 is 0 Å². The average molecular weight is 793 g/mol. The minimum Gasteiger partial charge on any atom is -0.454 e. The maximum absolute atomic E-state index is 6.79. The molecule has 0 saturated heterocycles. The number of rotatable bonds is 7. The highest BCUT2D eigenvalue weighted by Gasteiger charge is 2.23. The number of aromatic nitrogens is 4. The van der Waals surface area contributed by atoms with Gasteiger partial charge in [0.05, 0.1) is 16.7 Å². The summed E-state index contributed by atoms with van der Waals surface area (Å²) in [7, 11) is 0. The van der Waals surface area contributed by atoms with Crippen molar-refractivity contribution >= 4 is 43.7 Å². The molecule has 62 heavy (non-hydrogen) atoms. The van der Waals surface area contributed by atoms with Gasteiger partial charge in [0.15, 0.2) is 23.1 Å². The van der Waals surface area contributed by atoms with E-state index in [9.17, 15) is 0 Å². The number of para-hydroxylation sites is 2. The Morgan fingerprint density at radius 2 is 0.823 bits per heavy atom. The van der Waals surface area contributed by atoms with Crippen LogP contribution in [0.2, 0.25) is 0 Å². The van der Waals surface area contributed by atoms with Crippen molar-refractivity contribution < 1.29 is 4.42 Å². The minimum atomic E-state index is 0.571. The lowest BCUT2D eigenvalue weighted by atomic mass is 9.90. The zero-order chi connectivity index (χ0) is 41.0.